The zero-order valence-electron chi connectivity index (χ0n) is 19.2. The summed E-state index contributed by atoms with van der Waals surface area (Å²) in [5.41, 5.74) is 3.09. The van der Waals surface area contributed by atoms with Crippen LogP contribution < -0.4 is 15.2 Å². The number of anilines is 1. The largest absolute Gasteiger partial charge is 0.489 e. The lowest BCUT2D eigenvalue weighted by molar-refractivity contribution is 0.101. The molecule has 4 aromatic rings. The molecule has 2 aromatic carbocycles. The van der Waals surface area contributed by atoms with Gasteiger partial charge in [-0.1, -0.05) is 30.3 Å². The maximum absolute atomic E-state index is 11.1. The number of nitrogens with zero attached hydrogens (tertiary/aromatic N) is 3. The van der Waals surface area contributed by atoms with Gasteiger partial charge in [-0.25, -0.2) is 20.1 Å². The van der Waals surface area contributed by atoms with E-state index in [2.05, 4.69) is 29.4 Å². The molecule has 1 saturated carbocycles. The van der Waals surface area contributed by atoms with Crippen LogP contribution in [0.4, 0.5) is 5.82 Å². The summed E-state index contributed by atoms with van der Waals surface area (Å²) in [5.74, 6) is 1.57. The zero-order valence-corrected chi connectivity index (χ0v) is 20.1. The fourth-order valence-corrected chi connectivity index (χ4v) is 4.66. The molecule has 5 N–H and O–H groups in total. The van der Waals surface area contributed by atoms with E-state index in [1.165, 1.54) is 6.33 Å². The van der Waals surface area contributed by atoms with Crippen LogP contribution in [0, 0.1) is 5.92 Å². The molecule has 0 bridgehead atoms. The second-order valence-electron chi connectivity index (χ2n) is 8.72. The summed E-state index contributed by atoms with van der Waals surface area (Å²) < 4.78 is 32.7. The fourth-order valence-electron chi connectivity index (χ4n) is 4.30. The van der Waals surface area contributed by atoms with Gasteiger partial charge in [0, 0.05) is 17.5 Å². The number of aliphatic hydroxyl groups excluding tert-OH is 1. The van der Waals surface area contributed by atoms with Gasteiger partial charge in [-0.2, -0.15) is 8.42 Å². The van der Waals surface area contributed by atoms with Crippen molar-refractivity contribution in [2.75, 3.05) is 11.9 Å². The number of imidazole rings is 1. The molecule has 188 valence electrons. The highest BCUT2D eigenvalue weighted by Crippen LogP contribution is 2.31. The number of ether oxygens (including phenoxy) is 1. The van der Waals surface area contributed by atoms with E-state index in [0.29, 0.717) is 42.3 Å². The van der Waals surface area contributed by atoms with Gasteiger partial charge >= 0.3 is 10.3 Å². The Kier molecular flexibility index (Phi) is 6.83. The Hall–Kier alpha value is -3.58. The third kappa shape index (κ3) is 5.79. The van der Waals surface area contributed by atoms with E-state index in [0.717, 1.165) is 16.9 Å². The molecule has 0 amide bonds. The van der Waals surface area contributed by atoms with E-state index in [9.17, 15) is 13.5 Å². The molecule has 0 spiro atoms. The average Bonchev–Trinajstić information content (AvgIpc) is 3.46. The molecule has 1 unspecified atom stereocenters. The maximum Gasteiger partial charge on any atom is 0.333 e. The topological polar surface area (TPSA) is 165 Å². The highest BCUT2D eigenvalue weighted by Gasteiger charge is 2.34. The number of aromatic amines is 1. The predicted molar refractivity (Wildman–Crippen MR) is 133 cm³/mol. The quantitative estimate of drug-likeness (QED) is 0.264. The summed E-state index contributed by atoms with van der Waals surface area (Å²) in [7, 11) is -4.06. The van der Waals surface area contributed by atoms with Crippen LogP contribution in [0.25, 0.3) is 22.6 Å². The maximum atomic E-state index is 11.1. The lowest BCUT2D eigenvalue weighted by Gasteiger charge is -2.13. The minimum absolute atomic E-state index is 0.139. The van der Waals surface area contributed by atoms with Gasteiger partial charge in [0.25, 0.3) is 0 Å². The number of fused-ring (bicyclic) bond motifs is 1. The molecule has 5 rings (SSSR count). The third-order valence-electron chi connectivity index (χ3n) is 6.11. The Bertz CT molecular complexity index is 1430. The number of nitrogens with two attached hydrogens (primary N) is 1. The number of aromatic nitrogens is 4. The van der Waals surface area contributed by atoms with E-state index in [4.69, 9.17) is 9.88 Å². The molecule has 0 aliphatic heterocycles. The minimum Gasteiger partial charge on any atom is -0.489 e. The van der Waals surface area contributed by atoms with Crippen molar-refractivity contribution in [1.82, 2.24) is 19.9 Å². The van der Waals surface area contributed by atoms with Crippen molar-refractivity contribution in [3.05, 3.63) is 66.5 Å². The first-order valence-electron chi connectivity index (χ1n) is 11.4. The van der Waals surface area contributed by atoms with Gasteiger partial charge in [-0.3, -0.25) is 4.18 Å². The zero-order chi connectivity index (χ0) is 25.1. The monoisotopic (exact) mass is 510 g/mol. The normalized spacial score (nSPS) is 20.0. The lowest BCUT2D eigenvalue weighted by atomic mass is 10.1. The van der Waals surface area contributed by atoms with Gasteiger partial charge in [0.1, 0.15) is 30.0 Å². The van der Waals surface area contributed by atoms with Crippen molar-refractivity contribution < 1.29 is 22.4 Å². The number of hydrogen-bond acceptors (Lipinski definition) is 9. The van der Waals surface area contributed by atoms with Crippen LogP contribution in [-0.4, -0.2) is 52.2 Å². The molecule has 2 heterocycles. The Balaban J connectivity index is 1.26. The van der Waals surface area contributed by atoms with Crippen molar-refractivity contribution in [1.29, 1.82) is 0 Å². The van der Waals surface area contributed by atoms with Crippen LogP contribution in [0.5, 0.6) is 5.75 Å². The Labute approximate surface area is 208 Å². The van der Waals surface area contributed by atoms with Gasteiger partial charge in [0.05, 0.1) is 12.7 Å². The standard InChI is InChI=1S/C24H26N6O5S/c25-36(32,33)35-13-17-10-18(11-20(17)31)28-23-21-24(27-14-26-23)30-22(29-21)16-6-8-19(9-7-16)34-12-15-4-2-1-3-5-15/h1-9,14,17-18,20,31H,10-13H2,(H2,25,32,33)(H2,26,27,28,29,30)/t17-,18?,20-/m0/s1. The molecule has 1 aliphatic rings. The summed E-state index contributed by atoms with van der Waals surface area (Å²) >= 11 is 0. The van der Waals surface area contributed by atoms with E-state index >= 15 is 0 Å². The summed E-state index contributed by atoms with van der Waals surface area (Å²) in [4.78, 5) is 16.5. The van der Waals surface area contributed by atoms with E-state index < -0.39 is 16.4 Å². The molecular formula is C24H26N6O5S. The van der Waals surface area contributed by atoms with Gasteiger partial charge in [0.2, 0.25) is 0 Å². The molecule has 3 atom stereocenters. The molecule has 36 heavy (non-hydrogen) atoms. The summed E-state index contributed by atoms with van der Waals surface area (Å²) in [5, 5.41) is 18.5. The van der Waals surface area contributed by atoms with E-state index in [-0.39, 0.29) is 18.6 Å². The molecular weight excluding hydrogens is 484 g/mol. The first-order valence-corrected chi connectivity index (χ1v) is 12.9. The highest BCUT2D eigenvalue weighted by atomic mass is 32.2. The Morgan fingerprint density at radius 2 is 1.86 bits per heavy atom. The third-order valence-corrected chi connectivity index (χ3v) is 6.57. The molecule has 0 saturated heterocycles. The van der Waals surface area contributed by atoms with Gasteiger partial charge in [-0.15, -0.1) is 0 Å². The summed E-state index contributed by atoms with van der Waals surface area (Å²) in [6.45, 7) is 0.316. The number of H-pyrrole nitrogens is 1. The Morgan fingerprint density at radius 1 is 1.08 bits per heavy atom. The van der Waals surface area contributed by atoms with E-state index in [1.807, 2.05) is 54.6 Å². The average molecular weight is 511 g/mol. The van der Waals surface area contributed by atoms with Crippen LogP contribution in [0.15, 0.2) is 60.9 Å². The summed E-state index contributed by atoms with van der Waals surface area (Å²) in [6.07, 6.45) is 1.60. The second-order valence-corrected chi connectivity index (χ2v) is 9.94. The first kappa shape index (κ1) is 24.1. The molecule has 12 heteroatoms. The molecule has 1 fully saturated rings. The van der Waals surface area contributed by atoms with Crippen LogP contribution in [0.2, 0.25) is 0 Å². The Morgan fingerprint density at radius 3 is 2.61 bits per heavy atom. The van der Waals surface area contributed by atoms with Crippen molar-refractivity contribution in [2.45, 2.75) is 31.6 Å². The van der Waals surface area contributed by atoms with E-state index in [1.54, 1.807) is 0 Å². The molecule has 1 aliphatic carbocycles. The molecule has 2 aromatic heterocycles. The second kappa shape index (κ2) is 10.2. The number of rotatable bonds is 9. The van der Waals surface area contributed by atoms with Crippen molar-refractivity contribution in [3.63, 3.8) is 0 Å². The van der Waals surface area contributed by atoms with Crippen LogP contribution >= 0.6 is 0 Å². The SMILES string of the molecule is NS(=O)(=O)OC[C@@H]1CC(Nc2ncnc3nc(-c4ccc(OCc5ccccc5)cc4)[nH]c23)C[C@@H]1O. The number of nitrogens with one attached hydrogen (secondary N) is 2. The number of benzene rings is 2. The van der Waals surface area contributed by atoms with Crippen LogP contribution in [-0.2, 0) is 21.1 Å². The smallest absolute Gasteiger partial charge is 0.333 e. The van der Waals surface area contributed by atoms with Gasteiger partial charge in [0.15, 0.2) is 11.5 Å². The van der Waals surface area contributed by atoms with Gasteiger partial charge in [-0.05, 0) is 42.7 Å². The minimum atomic E-state index is -4.06. The van der Waals surface area contributed by atoms with Gasteiger partial charge < -0.3 is 20.1 Å². The van der Waals surface area contributed by atoms with Crippen molar-refractivity contribution in [3.8, 4) is 17.1 Å². The molecule has 11 nitrogen and oxygen atoms in total. The number of aliphatic hydroxyl groups is 1. The van der Waals surface area contributed by atoms with Crippen molar-refractivity contribution in [2.24, 2.45) is 11.1 Å². The highest BCUT2D eigenvalue weighted by molar-refractivity contribution is 7.84. The first-order chi connectivity index (χ1) is 17.3. The number of hydrogen-bond donors (Lipinski definition) is 4. The molecule has 0 radical (unpaired) electrons. The fraction of sp³-hybridized carbons (Fsp3) is 0.292. The van der Waals surface area contributed by atoms with Crippen LogP contribution in [0.3, 0.4) is 0 Å². The van der Waals surface area contributed by atoms with Crippen LogP contribution in [0.1, 0.15) is 18.4 Å². The van der Waals surface area contributed by atoms with Crippen molar-refractivity contribution >= 4 is 27.3 Å². The summed E-state index contributed by atoms with van der Waals surface area (Å²) in [6, 6.07) is 17.4. The lowest BCUT2D eigenvalue weighted by Crippen LogP contribution is -2.24. The predicted octanol–water partition coefficient (Wildman–Crippen LogP) is 2.37.